The number of hydrogen-bond donors (Lipinski definition) is 1. The van der Waals surface area contributed by atoms with E-state index in [0.717, 1.165) is 17.9 Å². The zero-order valence-corrected chi connectivity index (χ0v) is 12.0. The van der Waals surface area contributed by atoms with Crippen LogP contribution in [0.1, 0.15) is 50.4 Å². The van der Waals surface area contributed by atoms with Crippen LogP contribution in [0.25, 0.3) is 0 Å². The Morgan fingerprint density at radius 2 is 2.25 bits per heavy atom. The van der Waals surface area contributed by atoms with E-state index in [0.29, 0.717) is 5.92 Å². The van der Waals surface area contributed by atoms with E-state index >= 15 is 0 Å². The fourth-order valence-electron chi connectivity index (χ4n) is 1.49. The Morgan fingerprint density at radius 3 is 2.88 bits per heavy atom. The van der Waals surface area contributed by atoms with Gasteiger partial charge in [-0.15, -0.1) is 11.3 Å². The molecular weight excluding hydrogens is 236 g/mol. The van der Waals surface area contributed by atoms with Crippen molar-refractivity contribution in [2.24, 2.45) is 11.7 Å². The van der Waals surface area contributed by atoms with E-state index in [1.165, 1.54) is 17.2 Å². The number of rotatable bonds is 7. The minimum Gasteiger partial charge on any atom is -0.323 e. The van der Waals surface area contributed by atoms with Crippen LogP contribution in [-0.2, 0) is 5.75 Å². The molecule has 1 aromatic rings. The fraction of sp³-hybridized carbons (Fsp3) is 0.750. The molecule has 1 atom stereocenters. The van der Waals surface area contributed by atoms with Gasteiger partial charge in [0.25, 0.3) is 0 Å². The van der Waals surface area contributed by atoms with E-state index < -0.39 is 0 Å². The molecular formula is C12H22N2S2. The number of thiazole rings is 1. The first-order chi connectivity index (χ1) is 7.63. The maximum Gasteiger partial charge on any atom is 0.103 e. The normalized spacial score (nSPS) is 13.3. The first-order valence-corrected chi connectivity index (χ1v) is 7.94. The topological polar surface area (TPSA) is 38.9 Å². The van der Waals surface area contributed by atoms with Gasteiger partial charge in [-0.1, -0.05) is 20.8 Å². The summed E-state index contributed by atoms with van der Waals surface area (Å²) < 4.78 is 0. The zero-order chi connectivity index (χ0) is 12.0. The Balaban J connectivity index is 2.44. The van der Waals surface area contributed by atoms with Crippen LogP contribution in [0.15, 0.2) is 5.38 Å². The van der Waals surface area contributed by atoms with Gasteiger partial charge in [-0.3, -0.25) is 0 Å². The Labute approximate surface area is 107 Å². The molecule has 0 aliphatic heterocycles. The van der Waals surface area contributed by atoms with Gasteiger partial charge in [0.1, 0.15) is 5.01 Å². The highest BCUT2D eigenvalue weighted by Crippen LogP contribution is 2.23. The Kier molecular flexibility index (Phi) is 6.39. The van der Waals surface area contributed by atoms with Crippen molar-refractivity contribution in [3.63, 3.8) is 0 Å². The van der Waals surface area contributed by atoms with Crippen molar-refractivity contribution in [1.29, 1.82) is 0 Å². The molecule has 1 unspecified atom stereocenters. The molecule has 92 valence electrons. The van der Waals surface area contributed by atoms with Crippen LogP contribution >= 0.6 is 23.1 Å². The molecule has 0 saturated carbocycles. The summed E-state index contributed by atoms with van der Waals surface area (Å²) in [6.07, 6.45) is 2.25. The van der Waals surface area contributed by atoms with Gasteiger partial charge in [0.15, 0.2) is 0 Å². The van der Waals surface area contributed by atoms with Gasteiger partial charge in [-0.05, 0) is 24.5 Å². The van der Waals surface area contributed by atoms with Gasteiger partial charge in [-0.25, -0.2) is 4.98 Å². The van der Waals surface area contributed by atoms with Crippen molar-refractivity contribution in [2.45, 2.75) is 45.4 Å². The smallest absolute Gasteiger partial charge is 0.103 e. The summed E-state index contributed by atoms with van der Waals surface area (Å²) in [5.41, 5.74) is 7.18. The maximum absolute atomic E-state index is 6.10. The first kappa shape index (κ1) is 14.0. The van der Waals surface area contributed by atoms with Crippen LogP contribution in [-0.4, -0.2) is 10.7 Å². The minimum absolute atomic E-state index is 0.112. The van der Waals surface area contributed by atoms with Crippen LogP contribution in [0.5, 0.6) is 0 Å². The molecule has 0 fully saturated rings. The molecule has 1 rings (SSSR count). The Hall–Kier alpha value is -0.0600. The Bertz CT molecular complexity index is 297. The summed E-state index contributed by atoms with van der Waals surface area (Å²) in [6.45, 7) is 6.60. The van der Waals surface area contributed by atoms with E-state index in [-0.39, 0.29) is 6.04 Å². The third-order valence-corrected chi connectivity index (χ3v) is 4.47. The average Bonchev–Trinajstić information content (AvgIpc) is 2.66. The van der Waals surface area contributed by atoms with Crippen LogP contribution in [0, 0.1) is 5.92 Å². The molecule has 16 heavy (non-hydrogen) atoms. The molecule has 1 heterocycles. The second kappa shape index (κ2) is 7.30. The van der Waals surface area contributed by atoms with Crippen molar-refractivity contribution in [3.8, 4) is 0 Å². The molecule has 4 heteroatoms. The molecule has 0 aromatic carbocycles. The number of aromatic nitrogens is 1. The number of nitrogens with two attached hydrogens (primary N) is 1. The molecule has 0 saturated heterocycles. The van der Waals surface area contributed by atoms with E-state index in [2.05, 4.69) is 31.1 Å². The largest absolute Gasteiger partial charge is 0.323 e. The van der Waals surface area contributed by atoms with Gasteiger partial charge in [-0.2, -0.15) is 11.8 Å². The van der Waals surface area contributed by atoms with Crippen molar-refractivity contribution in [2.75, 3.05) is 5.75 Å². The molecule has 2 nitrogen and oxygen atoms in total. The van der Waals surface area contributed by atoms with Gasteiger partial charge in [0, 0.05) is 17.2 Å². The fourth-order valence-corrected chi connectivity index (χ4v) is 3.33. The van der Waals surface area contributed by atoms with E-state index in [4.69, 9.17) is 5.73 Å². The van der Waals surface area contributed by atoms with Crippen LogP contribution < -0.4 is 5.73 Å². The van der Waals surface area contributed by atoms with Crippen LogP contribution in [0.2, 0.25) is 0 Å². The summed E-state index contributed by atoms with van der Waals surface area (Å²) in [5, 5.41) is 3.34. The predicted molar refractivity (Wildman–Crippen MR) is 75.0 cm³/mol. The summed E-state index contributed by atoms with van der Waals surface area (Å²) in [6, 6.07) is 0.112. The molecule has 0 bridgehead atoms. The predicted octanol–water partition coefficient (Wildman–Crippen LogP) is 3.83. The first-order valence-electron chi connectivity index (χ1n) is 5.91. The quantitative estimate of drug-likeness (QED) is 0.755. The molecule has 0 radical (unpaired) electrons. The Morgan fingerprint density at radius 1 is 1.50 bits per heavy atom. The molecule has 1 aromatic heterocycles. The summed E-state index contributed by atoms with van der Waals surface area (Å²) in [5.74, 6) is 2.88. The molecule has 0 spiro atoms. The lowest BCUT2D eigenvalue weighted by Crippen LogP contribution is -2.13. The van der Waals surface area contributed by atoms with E-state index in [1.807, 2.05) is 11.8 Å². The second-order valence-corrected chi connectivity index (χ2v) is 6.50. The van der Waals surface area contributed by atoms with Gasteiger partial charge < -0.3 is 5.73 Å². The SMILES string of the molecule is CCCSCc1nc(C(N)CC(C)C)cs1. The van der Waals surface area contributed by atoms with Crippen molar-refractivity contribution < 1.29 is 0 Å². The van der Waals surface area contributed by atoms with Crippen LogP contribution in [0.4, 0.5) is 0 Å². The summed E-state index contributed by atoms with van der Waals surface area (Å²) >= 11 is 3.70. The molecule has 2 N–H and O–H groups in total. The van der Waals surface area contributed by atoms with Gasteiger partial charge in [0.2, 0.25) is 0 Å². The third-order valence-electron chi connectivity index (χ3n) is 2.25. The maximum atomic E-state index is 6.10. The highest BCUT2D eigenvalue weighted by Gasteiger charge is 2.12. The highest BCUT2D eigenvalue weighted by atomic mass is 32.2. The summed E-state index contributed by atoms with van der Waals surface area (Å²) in [4.78, 5) is 4.61. The zero-order valence-electron chi connectivity index (χ0n) is 10.4. The van der Waals surface area contributed by atoms with E-state index in [1.54, 1.807) is 11.3 Å². The second-order valence-electron chi connectivity index (χ2n) is 4.45. The molecule has 0 aliphatic rings. The minimum atomic E-state index is 0.112. The molecule has 0 aliphatic carbocycles. The van der Waals surface area contributed by atoms with Gasteiger partial charge >= 0.3 is 0 Å². The summed E-state index contributed by atoms with van der Waals surface area (Å²) in [7, 11) is 0. The van der Waals surface area contributed by atoms with Crippen molar-refractivity contribution in [3.05, 3.63) is 16.1 Å². The molecule has 0 amide bonds. The monoisotopic (exact) mass is 258 g/mol. The lowest BCUT2D eigenvalue weighted by atomic mass is 10.0. The highest BCUT2D eigenvalue weighted by molar-refractivity contribution is 7.98. The van der Waals surface area contributed by atoms with Crippen LogP contribution in [0.3, 0.4) is 0 Å². The lowest BCUT2D eigenvalue weighted by molar-refractivity contribution is 0.503. The average molecular weight is 258 g/mol. The number of hydrogen-bond acceptors (Lipinski definition) is 4. The van der Waals surface area contributed by atoms with Gasteiger partial charge in [0.05, 0.1) is 5.69 Å². The van der Waals surface area contributed by atoms with E-state index in [9.17, 15) is 0 Å². The number of nitrogens with zero attached hydrogens (tertiary/aromatic N) is 1. The standard InChI is InChI=1S/C12H22N2S2/c1-4-5-15-8-12-14-11(7-16-12)10(13)6-9(2)3/h7,9-10H,4-6,8,13H2,1-3H3. The third kappa shape index (κ3) is 4.85. The number of thioether (sulfide) groups is 1. The lowest BCUT2D eigenvalue weighted by Gasteiger charge is -2.10. The van der Waals surface area contributed by atoms with Crippen molar-refractivity contribution in [1.82, 2.24) is 4.98 Å². The van der Waals surface area contributed by atoms with Crippen molar-refractivity contribution >= 4 is 23.1 Å².